The third-order valence-corrected chi connectivity index (χ3v) is 1.66. The maximum absolute atomic E-state index is 11.4. The zero-order valence-corrected chi connectivity index (χ0v) is 11.2. The molecule has 1 amide bonds. The second-order valence-electron chi connectivity index (χ2n) is 4.43. The van der Waals surface area contributed by atoms with Gasteiger partial charge >= 0.3 is 12.1 Å². The lowest BCUT2D eigenvalue weighted by Crippen LogP contribution is -2.47. The molecular formula is C11H22N2O4. The lowest BCUT2D eigenvalue weighted by atomic mass is 10.2. The summed E-state index contributed by atoms with van der Waals surface area (Å²) in [6.07, 6.45) is -0.580. The molecular weight excluding hydrogens is 224 g/mol. The number of carbonyl (C=O) groups is 2. The predicted molar refractivity (Wildman–Crippen MR) is 63.2 cm³/mol. The molecule has 0 aromatic carbocycles. The van der Waals surface area contributed by atoms with E-state index in [0.717, 1.165) is 0 Å². The Kier molecular flexibility index (Phi) is 6.57. The number of nitrogens with zero attached hydrogens (tertiary/aromatic N) is 1. The Morgan fingerprint density at radius 1 is 1.24 bits per heavy atom. The van der Waals surface area contributed by atoms with Crippen molar-refractivity contribution in [3.05, 3.63) is 0 Å². The molecule has 0 aromatic rings. The normalized spacial score (nSPS) is 11.2. The number of rotatable bonds is 5. The highest BCUT2D eigenvalue weighted by molar-refractivity contribution is 5.72. The minimum absolute atomic E-state index is 0.00355. The molecule has 0 atom stereocenters. The number of hydrazine groups is 1. The van der Waals surface area contributed by atoms with Crippen LogP contribution >= 0.6 is 0 Å². The highest BCUT2D eigenvalue weighted by Crippen LogP contribution is 2.06. The molecule has 0 fully saturated rings. The molecule has 0 radical (unpaired) electrons. The van der Waals surface area contributed by atoms with Gasteiger partial charge in [-0.05, 0) is 27.7 Å². The second-order valence-corrected chi connectivity index (χ2v) is 4.43. The first-order valence-electron chi connectivity index (χ1n) is 5.68. The molecule has 0 bridgehead atoms. The number of amides is 1. The molecule has 0 aliphatic rings. The van der Waals surface area contributed by atoms with Gasteiger partial charge in [0.15, 0.2) is 0 Å². The number of ether oxygens (including phenoxy) is 2. The lowest BCUT2D eigenvalue weighted by Gasteiger charge is -2.24. The van der Waals surface area contributed by atoms with Crippen molar-refractivity contribution in [2.24, 2.45) is 0 Å². The fourth-order valence-corrected chi connectivity index (χ4v) is 1.02. The highest BCUT2D eigenvalue weighted by Gasteiger charge is 2.19. The van der Waals surface area contributed by atoms with E-state index in [1.54, 1.807) is 27.7 Å². The molecule has 100 valence electrons. The third kappa shape index (κ3) is 8.50. The Morgan fingerprint density at radius 3 is 2.24 bits per heavy atom. The summed E-state index contributed by atoms with van der Waals surface area (Å²) < 4.78 is 9.85. The quantitative estimate of drug-likeness (QED) is 0.585. The van der Waals surface area contributed by atoms with Crippen molar-refractivity contribution in [2.45, 2.75) is 40.2 Å². The van der Waals surface area contributed by atoms with E-state index in [9.17, 15) is 9.59 Å². The minimum Gasteiger partial charge on any atom is -0.465 e. The van der Waals surface area contributed by atoms with Crippen molar-refractivity contribution in [1.82, 2.24) is 10.4 Å². The largest absolute Gasteiger partial charge is 0.465 e. The first kappa shape index (κ1) is 15.7. The van der Waals surface area contributed by atoms with E-state index in [-0.39, 0.29) is 12.5 Å². The maximum atomic E-state index is 11.4. The Morgan fingerprint density at radius 2 is 1.82 bits per heavy atom. The summed E-state index contributed by atoms with van der Waals surface area (Å²) in [4.78, 5) is 22.7. The topological polar surface area (TPSA) is 67.9 Å². The molecule has 17 heavy (non-hydrogen) atoms. The smallest absolute Gasteiger partial charge is 0.422 e. The number of hydrogen-bond acceptors (Lipinski definition) is 5. The van der Waals surface area contributed by atoms with Crippen molar-refractivity contribution in [2.75, 3.05) is 19.7 Å². The zero-order valence-electron chi connectivity index (χ0n) is 11.2. The van der Waals surface area contributed by atoms with Crippen molar-refractivity contribution in [3.8, 4) is 0 Å². The van der Waals surface area contributed by atoms with Gasteiger partial charge in [0.2, 0.25) is 0 Å². The Labute approximate surface area is 102 Å². The van der Waals surface area contributed by atoms with Gasteiger partial charge in [0, 0.05) is 6.54 Å². The lowest BCUT2D eigenvalue weighted by molar-refractivity contribution is -0.145. The van der Waals surface area contributed by atoms with Gasteiger partial charge in [0.25, 0.3) is 0 Å². The average Bonchev–Trinajstić information content (AvgIpc) is 2.13. The van der Waals surface area contributed by atoms with E-state index in [1.165, 1.54) is 5.01 Å². The van der Waals surface area contributed by atoms with E-state index in [1.807, 2.05) is 6.92 Å². The second kappa shape index (κ2) is 7.11. The van der Waals surface area contributed by atoms with Crippen LogP contribution < -0.4 is 5.43 Å². The molecule has 1 N–H and O–H groups in total. The molecule has 0 rings (SSSR count). The third-order valence-electron chi connectivity index (χ3n) is 1.66. The van der Waals surface area contributed by atoms with Crippen molar-refractivity contribution >= 4 is 12.1 Å². The predicted octanol–water partition coefficient (Wildman–Crippen LogP) is 1.31. The number of esters is 1. The van der Waals surface area contributed by atoms with Crippen LogP contribution in [0.25, 0.3) is 0 Å². The van der Waals surface area contributed by atoms with Gasteiger partial charge in [-0.2, -0.15) is 0 Å². The first-order chi connectivity index (χ1) is 7.78. The van der Waals surface area contributed by atoms with E-state index in [2.05, 4.69) is 5.43 Å². The van der Waals surface area contributed by atoms with Gasteiger partial charge in [0.05, 0.1) is 6.61 Å². The summed E-state index contributed by atoms with van der Waals surface area (Å²) in [5.74, 6) is -0.384. The van der Waals surface area contributed by atoms with Gasteiger partial charge in [-0.3, -0.25) is 10.2 Å². The molecule has 0 spiro atoms. The molecule has 6 nitrogen and oxygen atoms in total. The van der Waals surface area contributed by atoms with Crippen LogP contribution in [0.1, 0.15) is 34.6 Å². The molecule has 0 saturated carbocycles. The van der Waals surface area contributed by atoms with Crippen molar-refractivity contribution in [3.63, 3.8) is 0 Å². The summed E-state index contributed by atoms with van der Waals surface area (Å²) in [5.41, 5.74) is 1.92. The summed E-state index contributed by atoms with van der Waals surface area (Å²) in [5, 5.41) is 1.44. The van der Waals surface area contributed by atoms with Gasteiger partial charge in [0.1, 0.15) is 12.1 Å². The summed E-state index contributed by atoms with van der Waals surface area (Å²) in [6.45, 7) is 9.67. The Balaban J connectivity index is 4.13. The summed E-state index contributed by atoms with van der Waals surface area (Å²) in [7, 11) is 0. The molecule has 6 heteroatoms. The monoisotopic (exact) mass is 246 g/mol. The Bertz CT molecular complexity index is 261. The summed E-state index contributed by atoms with van der Waals surface area (Å²) in [6, 6.07) is 0. The molecule has 0 saturated heterocycles. The average molecular weight is 246 g/mol. The molecule has 0 aliphatic carbocycles. The summed E-state index contributed by atoms with van der Waals surface area (Å²) >= 11 is 0. The van der Waals surface area contributed by atoms with Crippen molar-refractivity contribution in [1.29, 1.82) is 0 Å². The SMILES string of the molecule is CCOC(=O)CN(CC)NC(=O)OC(C)(C)C. The standard InChI is InChI=1S/C11H22N2O4/c1-6-13(8-9(14)16-7-2)12-10(15)17-11(3,4)5/h6-8H2,1-5H3,(H,12,15). The number of hydrogen-bond donors (Lipinski definition) is 1. The maximum Gasteiger partial charge on any atom is 0.422 e. The zero-order chi connectivity index (χ0) is 13.5. The van der Waals surface area contributed by atoms with Crippen LogP contribution in [-0.4, -0.2) is 42.4 Å². The first-order valence-corrected chi connectivity index (χ1v) is 5.68. The fourth-order valence-electron chi connectivity index (χ4n) is 1.02. The van der Waals surface area contributed by atoms with E-state index in [4.69, 9.17) is 9.47 Å². The van der Waals surface area contributed by atoms with Crippen LogP contribution in [0.3, 0.4) is 0 Å². The van der Waals surface area contributed by atoms with Crippen LogP contribution in [0.15, 0.2) is 0 Å². The molecule has 0 unspecified atom stereocenters. The Hall–Kier alpha value is -1.30. The van der Waals surface area contributed by atoms with Crippen molar-refractivity contribution < 1.29 is 19.1 Å². The van der Waals surface area contributed by atoms with Gasteiger partial charge in [-0.15, -0.1) is 0 Å². The van der Waals surface area contributed by atoms with Crippen LogP contribution in [0, 0.1) is 0 Å². The number of likely N-dealkylation sites (N-methyl/N-ethyl adjacent to an activating group) is 1. The molecule has 0 heterocycles. The van der Waals surface area contributed by atoms with Crippen LogP contribution in [-0.2, 0) is 14.3 Å². The number of nitrogens with one attached hydrogen (secondary N) is 1. The highest BCUT2D eigenvalue weighted by atomic mass is 16.6. The van der Waals surface area contributed by atoms with Crippen LogP contribution in [0.4, 0.5) is 4.79 Å². The molecule has 0 aliphatic heterocycles. The van der Waals surface area contributed by atoms with E-state index >= 15 is 0 Å². The van der Waals surface area contributed by atoms with Gasteiger partial charge < -0.3 is 9.47 Å². The van der Waals surface area contributed by atoms with Crippen LogP contribution in [0.2, 0.25) is 0 Å². The van der Waals surface area contributed by atoms with Gasteiger partial charge in [-0.1, -0.05) is 6.92 Å². The minimum atomic E-state index is -0.580. The van der Waals surface area contributed by atoms with E-state index in [0.29, 0.717) is 13.2 Å². The van der Waals surface area contributed by atoms with Crippen LogP contribution in [0.5, 0.6) is 0 Å². The fraction of sp³-hybridized carbons (Fsp3) is 0.818. The number of carbonyl (C=O) groups excluding carboxylic acids is 2. The molecule has 0 aromatic heterocycles. The van der Waals surface area contributed by atoms with E-state index < -0.39 is 11.7 Å². The van der Waals surface area contributed by atoms with Gasteiger partial charge in [-0.25, -0.2) is 9.80 Å².